The monoisotopic (exact) mass is 437 g/mol. The molecule has 0 bridgehead atoms. The first-order valence-electron chi connectivity index (χ1n) is 8.16. The van der Waals surface area contributed by atoms with Crippen molar-refractivity contribution in [2.45, 2.75) is 6.18 Å². The molecule has 0 aliphatic heterocycles. The van der Waals surface area contributed by atoms with Gasteiger partial charge in [-0.15, -0.1) is 0 Å². The van der Waals surface area contributed by atoms with Gasteiger partial charge < -0.3 is 0 Å². The predicted octanol–water partition coefficient (Wildman–Crippen LogP) is 4.22. The van der Waals surface area contributed by atoms with E-state index in [2.05, 4.69) is 10.2 Å². The van der Waals surface area contributed by atoms with Crippen molar-refractivity contribution in [1.82, 2.24) is 15.2 Å². The molecule has 30 heavy (non-hydrogen) atoms. The summed E-state index contributed by atoms with van der Waals surface area (Å²) >= 11 is 5.75. The zero-order chi connectivity index (χ0) is 21.9. The Morgan fingerprint density at radius 1 is 1.17 bits per heavy atom. The van der Waals surface area contributed by atoms with Crippen LogP contribution in [0.5, 0.6) is 0 Å². The molecule has 0 atom stereocenters. The van der Waals surface area contributed by atoms with Gasteiger partial charge in [-0.25, -0.2) is 10.1 Å². The van der Waals surface area contributed by atoms with E-state index in [4.69, 9.17) is 11.6 Å². The highest BCUT2D eigenvalue weighted by Crippen LogP contribution is 2.34. The number of nitrogens with zero attached hydrogens (tertiary/aromatic N) is 4. The number of nitrogens with one attached hydrogen (secondary N) is 1. The molecule has 0 aliphatic rings. The van der Waals surface area contributed by atoms with E-state index in [0.717, 1.165) is 30.5 Å². The number of halogens is 4. The molecule has 0 radical (unpaired) electrons. The second kappa shape index (κ2) is 8.33. The zero-order valence-electron chi connectivity index (χ0n) is 14.8. The van der Waals surface area contributed by atoms with Crippen LogP contribution in [-0.4, -0.2) is 26.8 Å². The van der Waals surface area contributed by atoms with Crippen molar-refractivity contribution in [1.29, 1.82) is 0 Å². The van der Waals surface area contributed by atoms with Crippen molar-refractivity contribution in [3.63, 3.8) is 0 Å². The summed E-state index contributed by atoms with van der Waals surface area (Å²) in [4.78, 5) is 22.3. The first kappa shape index (κ1) is 21.0. The van der Waals surface area contributed by atoms with Crippen LogP contribution in [0.25, 0.3) is 5.69 Å². The van der Waals surface area contributed by atoms with Gasteiger partial charge in [-0.1, -0.05) is 23.7 Å². The largest absolute Gasteiger partial charge is 0.434 e. The van der Waals surface area contributed by atoms with E-state index in [1.54, 1.807) is 24.3 Å². The first-order chi connectivity index (χ1) is 14.2. The van der Waals surface area contributed by atoms with Gasteiger partial charge in [0.25, 0.3) is 11.6 Å². The number of amides is 1. The van der Waals surface area contributed by atoms with Crippen LogP contribution in [0, 0.1) is 10.1 Å². The molecule has 1 N–H and O–H groups in total. The van der Waals surface area contributed by atoms with Gasteiger partial charge in [-0.2, -0.15) is 23.4 Å². The van der Waals surface area contributed by atoms with E-state index in [-0.39, 0.29) is 11.4 Å². The summed E-state index contributed by atoms with van der Waals surface area (Å²) in [5, 5.41) is 18.5. The third kappa shape index (κ3) is 4.63. The lowest BCUT2D eigenvalue weighted by atomic mass is 10.2. The van der Waals surface area contributed by atoms with Crippen molar-refractivity contribution in [2.24, 2.45) is 5.10 Å². The maximum absolute atomic E-state index is 13.6. The first-order valence-corrected chi connectivity index (χ1v) is 8.53. The molecule has 8 nitrogen and oxygen atoms in total. The molecule has 3 aromatic rings. The topological polar surface area (TPSA) is 102 Å². The number of hydrogen-bond donors (Lipinski definition) is 1. The zero-order valence-corrected chi connectivity index (χ0v) is 15.6. The standard InChI is InChI=1S/C18H11ClF3N5O3/c19-12-3-1-11(2-4-12)9-23-25-17(28)15-10-24-26(16(15)18(20,21)22)13-5-7-14(8-6-13)27(29)30/h1-10H,(H,25,28). The summed E-state index contributed by atoms with van der Waals surface area (Å²) < 4.78 is 41.3. The summed E-state index contributed by atoms with van der Waals surface area (Å²) in [7, 11) is 0. The molecule has 12 heteroatoms. The molecule has 0 saturated carbocycles. The summed E-state index contributed by atoms with van der Waals surface area (Å²) in [6.07, 6.45) is -2.94. The lowest BCUT2D eigenvalue weighted by Gasteiger charge is -2.12. The Hall–Kier alpha value is -3.73. The number of nitro benzene ring substituents is 1. The molecule has 1 heterocycles. The van der Waals surface area contributed by atoms with Gasteiger partial charge in [-0.05, 0) is 29.8 Å². The fourth-order valence-electron chi connectivity index (χ4n) is 2.47. The quantitative estimate of drug-likeness (QED) is 0.367. The molecule has 0 unspecified atom stereocenters. The molecule has 0 saturated heterocycles. The van der Waals surface area contributed by atoms with Crippen molar-refractivity contribution in [3.8, 4) is 5.69 Å². The fraction of sp³-hybridized carbons (Fsp3) is 0.0556. The number of carbonyl (C=O) groups is 1. The normalized spacial score (nSPS) is 11.6. The SMILES string of the molecule is O=C(NN=Cc1ccc(Cl)cc1)c1cnn(-c2ccc([N+](=O)[O-])cc2)c1C(F)(F)F. The highest BCUT2D eigenvalue weighted by Gasteiger charge is 2.40. The third-order valence-corrected chi connectivity index (χ3v) is 4.09. The lowest BCUT2D eigenvalue weighted by molar-refractivity contribution is -0.384. The van der Waals surface area contributed by atoms with E-state index < -0.39 is 28.3 Å². The summed E-state index contributed by atoms with van der Waals surface area (Å²) in [6, 6.07) is 10.6. The summed E-state index contributed by atoms with van der Waals surface area (Å²) in [5.74, 6) is -1.12. The van der Waals surface area contributed by atoms with Crippen LogP contribution in [0.1, 0.15) is 21.6 Å². The average molecular weight is 438 g/mol. The van der Waals surface area contributed by atoms with E-state index in [1.165, 1.54) is 6.21 Å². The Balaban J connectivity index is 1.88. The van der Waals surface area contributed by atoms with Crippen molar-refractivity contribution >= 4 is 29.4 Å². The number of non-ortho nitro benzene ring substituents is 1. The Kier molecular flexibility index (Phi) is 5.83. The number of carbonyl (C=O) groups excluding carboxylic acids is 1. The number of hydrazone groups is 1. The predicted molar refractivity (Wildman–Crippen MR) is 102 cm³/mol. The molecule has 154 valence electrons. The van der Waals surface area contributed by atoms with Crippen LogP contribution in [0.15, 0.2) is 59.8 Å². The summed E-state index contributed by atoms with van der Waals surface area (Å²) in [5.41, 5.74) is 0.0947. The van der Waals surface area contributed by atoms with Gasteiger partial charge in [0.2, 0.25) is 0 Å². The van der Waals surface area contributed by atoms with Crippen LogP contribution in [0.2, 0.25) is 5.02 Å². The van der Waals surface area contributed by atoms with E-state index >= 15 is 0 Å². The second-order valence-electron chi connectivity index (χ2n) is 5.84. The van der Waals surface area contributed by atoms with E-state index in [9.17, 15) is 28.1 Å². The lowest BCUT2D eigenvalue weighted by Crippen LogP contribution is -2.23. The molecule has 0 aliphatic carbocycles. The minimum atomic E-state index is -4.93. The molecule has 1 aromatic heterocycles. The highest BCUT2D eigenvalue weighted by atomic mass is 35.5. The second-order valence-corrected chi connectivity index (χ2v) is 6.28. The Labute approximate surface area is 171 Å². The number of hydrogen-bond acceptors (Lipinski definition) is 5. The van der Waals surface area contributed by atoms with E-state index in [0.29, 0.717) is 15.3 Å². The number of benzene rings is 2. The van der Waals surface area contributed by atoms with Gasteiger partial charge >= 0.3 is 6.18 Å². The molecule has 1 amide bonds. The van der Waals surface area contributed by atoms with Crippen LogP contribution in [0.3, 0.4) is 0 Å². The van der Waals surface area contributed by atoms with Crippen molar-refractivity contribution < 1.29 is 22.9 Å². The smallest absolute Gasteiger partial charge is 0.267 e. The molecular formula is C18H11ClF3N5O3. The van der Waals surface area contributed by atoms with Crippen LogP contribution in [-0.2, 0) is 6.18 Å². The van der Waals surface area contributed by atoms with Crippen LogP contribution >= 0.6 is 11.6 Å². The maximum Gasteiger partial charge on any atom is 0.434 e. The minimum absolute atomic E-state index is 0.100. The molecule has 2 aromatic carbocycles. The Morgan fingerprint density at radius 3 is 2.37 bits per heavy atom. The molecule has 3 rings (SSSR count). The minimum Gasteiger partial charge on any atom is -0.267 e. The third-order valence-electron chi connectivity index (χ3n) is 3.84. The van der Waals surface area contributed by atoms with Gasteiger partial charge in [-0.3, -0.25) is 14.9 Å². The number of rotatable bonds is 5. The number of alkyl halides is 3. The fourth-order valence-corrected chi connectivity index (χ4v) is 2.60. The molecule has 0 fully saturated rings. The number of nitro groups is 1. The molecule has 0 spiro atoms. The Morgan fingerprint density at radius 2 is 1.80 bits per heavy atom. The average Bonchev–Trinajstić information content (AvgIpc) is 3.15. The van der Waals surface area contributed by atoms with Crippen molar-refractivity contribution in [3.05, 3.63) is 86.7 Å². The van der Waals surface area contributed by atoms with Gasteiger partial charge in [0, 0.05) is 17.2 Å². The maximum atomic E-state index is 13.6. The van der Waals surface area contributed by atoms with E-state index in [1.807, 2.05) is 5.43 Å². The molecular weight excluding hydrogens is 427 g/mol. The van der Waals surface area contributed by atoms with Gasteiger partial charge in [0.05, 0.1) is 28.6 Å². The Bertz CT molecular complexity index is 1110. The highest BCUT2D eigenvalue weighted by molar-refractivity contribution is 6.30. The van der Waals surface area contributed by atoms with Gasteiger partial charge in [0.1, 0.15) is 0 Å². The van der Waals surface area contributed by atoms with Crippen LogP contribution < -0.4 is 5.43 Å². The van der Waals surface area contributed by atoms with Crippen molar-refractivity contribution in [2.75, 3.05) is 0 Å². The summed E-state index contributed by atoms with van der Waals surface area (Å²) in [6.45, 7) is 0. The van der Waals surface area contributed by atoms with Crippen LogP contribution in [0.4, 0.5) is 18.9 Å². The number of aromatic nitrogens is 2. The van der Waals surface area contributed by atoms with Gasteiger partial charge in [0.15, 0.2) is 5.69 Å².